The van der Waals surface area contributed by atoms with E-state index < -0.39 is 5.91 Å². The lowest BCUT2D eigenvalue weighted by Crippen LogP contribution is -2.44. The quantitative estimate of drug-likeness (QED) is 0.229. The Bertz CT molecular complexity index is 1280. The Hall–Kier alpha value is -3.63. The van der Waals surface area contributed by atoms with Gasteiger partial charge in [-0.25, -0.2) is 15.4 Å². The van der Waals surface area contributed by atoms with Gasteiger partial charge < -0.3 is 23.8 Å². The third-order valence-electron chi connectivity index (χ3n) is 6.70. The smallest absolute Gasteiger partial charge is 0.243 e. The Balaban J connectivity index is 1.71. The molecule has 1 aromatic heterocycles. The predicted molar refractivity (Wildman–Crippen MR) is 144 cm³/mol. The van der Waals surface area contributed by atoms with Gasteiger partial charge in [-0.15, -0.1) is 0 Å². The van der Waals surface area contributed by atoms with Crippen molar-refractivity contribution in [3.05, 3.63) is 35.4 Å². The van der Waals surface area contributed by atoms with Crippen LogP contribution in [0, 0.1) is 13.8 Å². The van der Waals surface area contributed by atoms with E-state index in [1.165, 1.54) is 0 Å². The number of aryl methyl sites for hydroxylation is 2. The summed E-state index contributed by atoms with van der Waals surface area (Å²) < 4.78 is 23.0. The molecule has 0 spiro atoms. The fourth-order valence-corrected chi connectivity index (χ4v) is 4.77. The summed E-state index contributed by atoms with van der Waals surface area (Å²) in [7, 11) is 3.27. The number of morpholine rings is 1. The number of carbonyl (C=O) groups is 1. The van der Waals surface area contributed by atoms with Gasteiger partial charge in [0.1, 0.15) is 23.1 Å². The molecule has 4 rings (SSSR count). The molecular weight excluding hydrogens is 488 g/mol. The second-order valence-electron chi connectivity index (χ2n) is 9.49. The van der Waals surface area contributed by atoms with Crippen molar-refractivity contribution in [2.24, 2.45) is 0 Å². The maximum atomic E-state index is 11.2. The fraction of sp³-hybridized carbons (Fsp3) is 0.464. The number of hydrogen-bond donors (Lipinski definition) is 2. The first-order valence-electron chi connectivity index (χ1n) is 12.8. The number of methoxy groups -OCH3 is 2. The minimum Gasteiger partial charge on any atom is -0.497 e. The van der Waals surface area contributed by atoms with Crippen molar-refractivity contribution >= 4 is 22.6 Å². The van der Waals surface area contributed by atoms with E-state index >= 15 is 0 Å². The molecule has 1 saturated heterocycles. The molecule has 0 radical (unpaired) electrons. The van der Waals surface area contributed by atoms with Gasteiger partial charge in [-0.2, -0.15) is 0 Å². The van der Waals surface area contributed by atoms with Crippen molar-refractivity contribution in [3.63, 3.8) is 0 Å². The number of amides is 1. The summed E-state index contributed by atoms with van der Waals surface area (Å²) in [4.78, 5) is 23.4. The molecule has 3 aromatic rings. The van der Waals surface area contributed by atoms with Crippen molar-refractivity contribution < 1.29 is 28.9 Å². The number of carbonyl (C=O) groups excluding carboxylic acids is 1. The second kappa shape index (κ2) is 12.3. The first-order chi connectivity index (χ1) is 18.4. The number of unbranched alkanes of at least 4 members (excludes halogenated alkanes) is 1. The summed E-state index contributed by atoms with van der Waals surface area (Å²) >= 11 is 0. The monoisotopic (exact) mass is 524 g/mol. The van der Waals surface area contributed by atoms with Crippen LogP contribution in [0.3, 0.4) is 0 Å². The largest absolute Gasteiger partial charge is 0.497 e. The number of fused-ring (bicyclic) bond motifs is 1. The van der Waals surface area contributed by atoms with Crippen LogP contribution in [-0.4, -0.2) is 67.7 Å². The van der Waals surface area contributed by atoms with Crippen molar-refractivity contribution in [2.75, 3.05) is 45.5 Å². The normalized spacial score (nSPS) is 15.4. The summed E-state index contributed by atoms with van der Waals surface area (Å²) in [5.41, 5.74) is 5.22. The number of hydrogen-bond acceptors (Lipinski definition) is 9. The van der Waals surface area contributed by atoms with Crippen molar-refractivity contribution in [3.8, 4) is 28.6 Å². The van der Waals surface area contributed by atoms with E-state index in [4.69, 9.17) is 34.1 Å². The molecule has 10 nitrogen and oxygen atoms in total. The van der Waals surface area contributed by atoms with E-state index in [1.807, 2.05) is 38.1 Å². The van der Waals surface area contributed by atoms with Gasteiger partial charge in [0.15, 0.2) is 5.82 Å². The third kappa shape index (κ3) is 5.92. The summed E-state index contributed by atoms with van der Waals surface area (Å²) in [6.45, 7) is 8.57. The zero-order valence-electron chi connectivity index (χ0n) is 22.7. The van der Waals surface area contributed by atoms with E-state index in [9.17, 15) is 4.79 Å². The van der Waals surface area contributed by atoms with E-state index in [2.05, 4.69) is 11.8 Å². The lowest BCUT2D eigenvalue weighted by atomic mass is 10.0. The molecule has 204 valence electrons. The van der Waals surface area contributed by atoms with Crippen LogP contribution in [0.25, 0.3) is 22.3 Å². The molecule has 38 heavy (non-hydrogen) atoms. The Morgan fingerprint density at radius 2 is 1.89 bits per heavy atom. The first-order valence-corrected chi connectivity index (χ1v) is 12.8. The average Bonchev–Trinajstić information content (AvgIpc) is 2.92. The molecule has 0 aliphatic carbocycles. The molecule has 1 aliphatic heterocycles. The number of benzene rings is 2. The van der Waals surface area contributed by atoms with Crippen LogP contribution in [0.5, 0.6) is 17.2 Å². The highest BCUT2D eigenvalue weighted by Gasteiger charge is 2.26. The van der Waals surface area contributed by atoms with Gasteiger partial charge >= 0.3 is 0 Å². The van der Waals surface area contributed by atoms with Crippen molar-refractivity contribution in [1.82, 2.24) is 15.4 Å². The molecule has 1 amide bonds. The van der Waals surface area contributed by atoms with Crippen molar-refractivity contribution in [2.45, 2.75) is 46.1 Å². The maximum Gasteiger partial charge on any atom is 0.243 e. The van der Waals surface area contributed by atoms with Crippen LogP contribution < -0.4 is 24.6 Å². The Morgan fingerprint density at radius 1 is 1.13 bits per heavy atom. The number of nitrogens with zero attached hydrogens (tertiary/aromatic N) is 3. The van der Waals surface area contributed by atoms with Crippen LogP contribution in [0.15, 0.2) is 24.3 Å². The van der Waals surface area contributed by atoms with Gasteiger partial charge in [-0.1, -0.05) is 0 Å². The van der Waals surface area contributed by atoms with Crippen LogP contribution in [0.1, 0.15) is 37.3 Å². The molecule has 10 heteroatoms. The van der Waals surface area contributed by atoms with E-state index in [0.29, 0.717) is 56.5 Å². The summed E-state index contributed by atoms with van der Waals surface area (Å²) in [5, 5.41) is 9.46. The summed E-state index contributed by atoms with van der Waals surface area (Å²) in [6, 6.07) is 7.98. The molecule has 1 atom stereocenters. The Labute approximate surface area is 222 Å². The Morgan fingerprint density at radius 3 is 2.55 bits per heavy atom. The highest BCUT2D eigenvalue weighted by Crippen LogP contribution is 2.39. The number of nitrogens with one attached hydrogen (secondary N) is 1. The number of anilines is 1. The predicted octanol–water partition coefficient (Wildman–Crippen LogP) is 4.21. The van der Waals surface area contributed by atoms with Crippen LogP contribution in [0.2, 0.25) is 0 Å². The molecule has 0 saturated carbocycles. The molecule has 0 unspecified atom stereocenters. The highest BCUT2D eigenvalue weighted by atomic mass is 16.5. The number of hydroxylamine groups is 1. The molecule has 2 heterocycles. The van der Waals surface area contributed by atoms with Crippen LogP contribution in [-0.2, 0) is 9.53 Å². The van der Waals surface area contributed by atoms with Gasteiger partial charge in [0, 0.05) is 30.7 Å². The zero-order chi connectivity index (χ0) is 27.2. The van der Waals surface area contributed by atoms with Crippen LogP contribution in [0.4, 0.5) is 5.82 Å². The summed E-state index contributed by atoms with van der Waals surface area (Å²) in [6.07, 6.45) is 1.59. The number of ether oxygens (including phenoxy) is 4. The number of aromatic nitrogens is 2. The molecule has 2 aromatic carbocycles. The molecular formula is C28H36N4O6. The maximum absolute atomic E-state index is 11.2. The minimum atomic E-state index is -0.391. The van der Waals surface area contributed by atoms with E-state index in [1.54, 1.807) is 19.7 Å². The topological polar surface area (TPSA) is 115 Å². The standard InChI is InChI=1S/C28H36N4O6/c1-17-12-20(13-18(2)26(17)38-10-7-6-8-24(33)31-34)27-29-22-14-21(35-4)15-23(36-5)25(22)28(30-27)32-9-11-37-16-19(32)3/h12-15,19,34H,6-11,16H2,1-5H3,(H,31,33)/t19-/m1/s1. The lowest BCUT2D eigenvalue weighted by molar-refractivity contribution is -0.129. The van der Waals surface area contributed by atoms with Gasteiger partial charge in [-0.05, 0) is 56.9 Å². The van der Waals surface area contributed by atoms with Gasteiger partial charge in [-0.3, -0.25) is 10.0 Å². The highest BCUT2D eigenvalue weighted by molar-refractivity contribution is 5.97. The number of rotatable bonds is 10. The molecule has 2 N–H and O–H groups in total. The zero-order valence-corrected chi connectivity index (χ0v) is 22.7. The van der Waals surface area contributed by atoms with E-state index in [-0.39, 0.29) is 12.5 Å². The van der Waals surface area contributed by atoms with Gasteiger partial charge in [0.05, 0.1) is 51.0 Å². The first kappa shape index (κ1) is 27.4. The van der Waals surface area contributed by atoms with Crippen LogP contribution >= 0.6 is 0 Å². The minimum absolute atomic E-state index is 0.143. The molecule has 1 aliphatic rings. The Kier molecular flexibility index (Phi) is 8.85. The molecule has 1 fully saturated rings. The summed E-state index contributed by atoms with van der Waals surface area (Å²) in [5.74, 6) is 3.15. The average molecular weight is 525 g/mol. The van der Waals surface area contributed by atoms with Gasteiger partial charge in [0.25, 0.3) is 0 Å². The molecule has 0 bridgehead atoms. The SMILES string of the molecule is COc1cc(OC)c2c(N3CCOC[C@H]3C)nc(-c3cc(C)c(OCCCCC(=O)NO)c(C)c3)nc2c1. The van der Waals surface area contributed by atoms with Crippen molar-refractivity contribution in [1.29, 1.82) is 0 Å². The second-order valence-corrected chi connectivity index (χ2v) is 9.49. The van der Waals surface area contributed by atoms with E-state index in [0.717, 1.165) is 39.2 Å². The lowest BCUT2D eigenvalue weighted by Gasteiger charge is -2.35. The fourth-order valence-electron chi connectivity index (χ4n) is 4.77. The third-order valence-corrected chi connectivity index (χ3v) is 6.70. The van der Waals surface area contributed by atoms with Gasteiger partial charge in [0.2, 0.25) is 5.91 Å².